The first-order valence-corrected chi connectivity index (χ1v) is 9.10. The zero-order valence-corrected chi connectivity index (χ0v) is 15.9. The summed E-state index contributed by atoms with van der Waals surface area (Å²) in [6.07, 6.45) is 2.60. The first-order chi connectivity index (χ1) is 10.8. The summed E-state index contributed by atoms with van der Waals surface area (Å²) in [5.74, 6) is 0.981. The van der Waals surface area contributed by atoms with Crippen molar-refractivity contribution < 1.29 is 0 Å². The summed E-state index contributed by atoms with van der Waals surface area (Å²) >= 11 is 0. The van der Waals surface area contributed by atoms with E-state index in [1.54, 1.807) is 0 Å². The van der Waals surface area contributed by atoms with E-state index in [0.717, 1.165) is 36.8 Å². The maximum absolute atomic E-state index is 4.80. The van der Waals surface area contributed by atoms with Crippen LogP contribution >= 0.6 is 0 Å². The van der Waals surface area contributed by atoms with Crippen molar-refractivity contribution in [1.82, 2.24) is 19.8 Å². The first-order valence-electron chi connectivity index (χ1n) is 9.10. The second-order valence-electron chi connectivity index (χ2n) is 7.91. The van der Waals surface area contributed by atoms with Gasteiger partial charge in [0, 0.05) is 43.1 Å². The molecule has 0 aromatic carbocycles. The molecule has 130 valence electrons. The van der Waals surface area contributed by atoms with Gasteiger partial charge in [-0.2, -0.15) is 0 Å². The van der Waals surface area contributed by atoms with E-state index in [-0.39, 0.29) is 5.41 Å². The quantitative estimate of drug-likeness (QED) is 0.834. The van der Waals surface area contributed by atoms with Crippen LogP contribution in [0, 0.1) is 13.8 Å². The van der Waals surface area contributed by atoms with E-state index in [1.807, 2.05) is 0 Å². The highest BCUT2D eigenvalue weighted by Gasteiger charge is 2.22. The zero-order chi connectivity index (χ0) is 17.0. The molecule has 1 aliphatic heterocycles. The van der Waals surface area contributed by atoms with Crippen LogP contribution in [0.1, 0.15) is 63.3 Å². The molecule has 2 heterocycles. The highest BCUT2D eigenvalue weighted by atomic mass is 15.3. The number of hydrogen-bond acceptors (Lipinski definition) is 4. The second-order valence-corrected chi connectivity index (χ2v) is 7.91. The average molecular weight is 319 g/mol. The summed E-state index contributed by atoms with van der Waals surface area (Å²) in [4.78, 5) is 14.7. The molecule has 1 saturated heterocycles. The molecule has 1 aromatic rings. The lowest BCUT2D eigenvalue weighted by molar-refractivity contribution is 0.123. The van der Waals surface area contributed by atoms with Gasteiger partial charge in [0.15, 0.2) is 0 Å². The minimum absolute atomic E-state index is 0.109. The van der Waals surface area contributed by atoms with Crippen LogP contribution in [0.15, 0.2) is 0 Å². The molecule has 1 aromatic heterocycles. The zero-order valence-electron chi connectivity index (χ0n) is 15.9. The molecule has 0 bridgehead atoms. The van der Waals surface area contributed by atoms with Gasteiger partial charge in [0.2, 0.25) is 0 Å². The van der Waals surface area contributed by atoms with E-state index in [1.165, 1.54) is 38.0 Å². The largest absolute Gasteiger partial charge is 0.301 e. The molecule has 2 rings (SSSR count). The fourth-order valence-corrected chi connectivity index (χ4v) is 3.69. The van der Waals surface area contributed by atoms with E-state index in [0.29, 0.717) is 0 Å². The smallest absolute Gasteiger partial charge is 0.142 e. The summed E-state index contributed by atoms with van der Waals surface area (Å²) in [6.45, 7) is 20.0. The van der Waals surface area contributed by atoms with Crippen molar-refractivity contribution in [2.75, 3.05) is 32.7 Å². The van der Waals surface area contributed by atoms with Gasteiger partial charge in [-0.1, -0.05) is 34.1 Å². The molecule has 0 radical (unpaired) electrons. The van der Waals surface area contributed by atoms with E-state index in [4.69, 9.17) is 9.97 Å². The van der Waals surface area contributed by atoms with Crippen molar-refractivity contribution in [2.45, 2.75) is 66.3 Å². The highest BCUT2D eigenvalue weighted by Crippen LogP contribution is 2.27. The number of aromatic nitrogens is 2. The number of unbranched alkanes of at least 4 members (excludes halogenated alkanes) is 1. The number of nitrogens with zero attached hydrogens (tertiary/aromatic N) is 4. The molecule has 0 N–H and O–H groups in total. The molecule has 0 saturated carbocycles. The van der Waals surface area contributed by atoms with Gasteiger partial charge in [-0.15, -0.1) is 0 Å². The predicted molar refractivity (Wildman–Crippen MR) is 96.8 cm³/mol. The van der Waals surface area contributed by atoms with Crippen LogP contribution < -0.4 is 0 Å². The molecule has 0 unspecified atom stereocenters. The van der Waals surface area contributed by atoms with Crippen LogP contribution in [0.4, 0.5) is 0 Å². The summed E-state index contributed by atoms with van der Waals surface area (Å²) in [5.41, 5.74) is 3.69. The van der Waals surface area contributed by atoms with Gasteiger partial charge in [-0.25, -0.2) is 9.97 Å². The molecular formula is C19H34N4. The predicted octanol–water partition coefficient (Wildman–Crippen LogP) is 3.31. The monoisotopic (exact) mass is 318 g/mol. The Balaban J connectivity index is 1.97. The van der Waals surface area contributed by atoms with Crippen molar-refractivity contribution in [3.63, 3.8) is 0 Å². The van der Waals surface area contributed by atoms with Crippen molar-refractivity contribution in [1.29, 1.82) is 0 Å². The van der Waals surface area contributed by atoms with E-state index in [2.05, 4.69) is 51.3 Å². The number of piperazine rings is 1. The van der Waals surface area contributed by atoms with E-state index >= 15 is 0 Å². The van der Waals surface area contributed by atoms with Gasteiger partial charge in [-0.05, 0) is 32.2 Å². The summed E-state index contributed by atoms with van der Waals surface area (Å²) in [7, 11) is 0. The Morgan fingerprint density at radius 1 is 0.913 bits per heavy atom. The van der Waals surface area contributed by atoms with Crippen molar-refractivity contribution in [2.24, 2.45) is 0 Å². The third-order valence-electron chi connectivity index (χ3n) is 4.72. The molecule has 0 aliphatic carbocycles. The maximum atomic E-state index is 4.80. The van der Waals surface area contributed by atoms with Gasteiger partial charge >= 0.3 is 0 Å². The van der Waals surface area contributed by atoms with Crippen molar-refractivity contribution in [3.05, 3.63) is 22.8 Å². The van der Waals surface area contributed by atoms with Crippen LogP contribution in [0.3, 0.4) is 0 Å². The Kier molecular flexibility index (Phi) is 6.15. The molecule has 1 fully saturated rings. The molecule has 1 aliphatic rings. The number of aryl methyl sites for hydroxylation is 2. The van der Waals surface area contributed by atoms with Gasteiger partial charge < -0.3 is 4.90 Å². The summed E-state index contributed by atoms with van der Waals surface area (Å²) in [5, 5.41) is 0. The fourth-order valence-electron chi connectivity index (χ4n) is 3.69. The summed E-state index contributed by atoms with van der Waals surface area (Å²) < 4.78 is 0. The minimum atomic E-state index is 0.109. The Hall–Kier alpha value is -1.00. The van der Waals surface area contributed by atoms with Crippen molar-refractivity contribution in [3.8, 4) is 0 Å². The van der Waals surface area contributed by atoms with E-state index in [9.17, 15) is 0 Å². The van der Waals surface area contributed by atoms with Gasteiger partial charge in [0.1, 0.15) is 5.82 Å². The minimum Gasteiger partial charge on any atom is -0.301 e. The molecule has 0 spiro atoms. The molecule has 0 atom stereocenters. The topological polar surface area (TPSA) is 32.3 Å². The lowest BCUT2D eigenvalue weighted by Crippen LogP contribution is -2.46. The standard InChI is InChI=1S/C19H34N4/c1-7-8-9-22-10-12-23(13-11-22)14-17-20-15(2)18(16(3)21-17)19(4,5)6/h7-14H2,1-6H3. The first kappa shape index (κ1) is 18.3. The van der Waals surface area contributed by atoms with Crippen LogP contribution in [-0.2, 0) is 12.0 Å². The molecule has 0 amide bonds. The average Bonchev–Trinajstić information content (AvgIpc) is 2.44. The van der Waals surface area contributed by atoms with Gasteiger partial charge in [-0.3, -0.25) is 4.90 Å². The molecule has 4 heteroatoms. The highest BCUT2D eigenvalue weighted by molar-refractivity contribution is 5.31. The molecule has 23 heavy (non-hydrogen) atoms. The Bertz CT molecular complexity index is 488. The van der Waals surface area contributed by atoms with Crippen molar-refractivity contribution >= 4 is 0 Å². The van der Waals surface area contributed by atoms with Crippen LogP contribution in [-0.4, -0.2) is 52.5 Å². The van der Waals surface area contributed by atoms with Gasteiger partial charge in [0.05, 0.1) is 6.54 Å². The normalized spacial score (nSPS) is 17.7. The lowest BCUT2D eigenvalue weighted by Gasteiger charge is -2.34. The Morgan fingerprint density at radius 2 is 1.43 bits per heavy atom. The number of rotatable bonds is 5. The third-order valence-corrected chi connectivity index (χ3v) is 4.72. The molecular weight excluding hydrogens is 284 g/mol. The molecule has 4 nitrogen and oxygen atoms in total. The van der Waals surface area contributed by atoms with Crippen LogP contribution in [0.25, 0.3) is 0 Å². The Labute approximate surface area is 142 Å². The van der Waals surface area contributed by atoms with Gasteiger partial charge in [0.25, 0.3) is 0 Å². The maximum Gasteiger partial charge on any atom is 0.142 e. The lowest BCUT2D eigenvalue weighted by atomic mass is 9.85. The second kappa shape index (κ2) is 7.71. The Morgan fingerprint density at radius 3 is 1.91 bits per heavy atom. The fraction of sp³-hybridized carbons (Fsp3) is 0.789. The van der Waals surface area contributed by atoms with Crippen LogP contribution in [0.5, 0.6) is 0 Å². The van der Waals surface area contributed by atoms with E-state index < -0.39 is 0 Å². The third kappa shape index (κ3) is 4.98. The SMILES string of the molecule is CCCCN1CCN(Cc2nc(C)c(C(C)(C)C)c(C)n2)CC1. The van der Waals surface area contributed by atoms with Crippen LogP contribution in [0.2, 0.25) is 0 Å². The summed E-state index contributed by atoms with van der Waals surface area (Å²) in [6, 6.07) is 0. The number of hydrogen-bond donors (Lipinski definition) is 0.